The van der Waals surface area contributed by atoms with Crippen LogP contribution in [0.15, 0.2) is 0 Å². The lowest BCUT2D eigenvalue weighted by Crippen LogP contribution is -2.50. The van der Waals surface area contributed by atoms with E-state index in [4.69, 9.17) is 9.47 Å². The minimum atomic E-state index is -0.811. The fourth-order valence-corrected chi connectivity index (χ4v) is 1.85. The molecule has 0 spiro atoms. The average Bonchev–Trinajstić information content (AvgIpc) is 2.04. The van der Waals surface area contributed by atoms with E-state index in [0.29, 0.717) is 0 Å². The molecule has 0 radical (unpaired) electrons. The zero-order valence-electron chi connectivity index (χ0n) is 9.38. The molecule has 0 aliphatic heterocycles. The molecule has 0 fully saturated rings. The van der Waals surface area contributed by atoms with Crippen LogP contribution in [0.25, 0.3) is 0 Å². The predicted molar refractivity (Wildman–Crippen MR) is 51.4 cm³/mol. The van der Waals surface area contributed by atoms with Crippen molar-refractivity contribution in [1.29, 1.82) is 0 Å². The van der Waals surface area contributed by atoms with Crippen LogP contribution < -0.4 is 0 Å². The molecule has 0 N–H and O–H groups in total. The van der Waals surface area contributed by atoms with Gasteiger partial charge < -0.3 is 9.47 Å². The van der Waals surface area contributed by atoms with Crippen molar-refractivity contribution < 1.29 is 14.3 Å². The average molecular weight is 188 g/mol. The molecule has 0 unspecified atom stereocenters. The molecule has 13 heavy (non-hydrogen) atoms. The molecular weight excluding hydrogens is 168 g/mol. The second kappa shape index (κ2) is 4.61. The monoisotopic (exact) mass is 188 g/mol. The van der Waals surface area contributed by atoms with E-state index in [2.05, 4.69) is 0 Å². The summed E-state index contributed by atoms with van der Waals surface area (Å²) in [4.78, 5) is 11.6. The Bertz CT molecular complexity index is 165. The van der Waals surface area contributed by atoms with Crippen molar-refractivity contribution in [2.75, 3.05) is 14.2 Å². The molecule has 0 amide bonds. The van der Waals surface area contributed by atoms with Gasteiger partial charge in [0.2, 0.25) is 0 Å². The quantitative estimate of drug-likeness (QED) is 0.632. The topological polar surface area (TPSA) is 35.5 Å². The van der Waals surface area contributed by atoms with Gasteiger partial charge in [-0.15, -0.1) is 0 Å². The van der Waals surface area contributed by atoms with Crippen LogP contribution >= 0.6 is 0 Å². The van der Waals surface area contributed by atoms with Gasteiger partial charge in [-0.2, -0.15) is 0 Å². The second-order valence-electron chi connectivity index (χ2n) is 3.80. The lowest BCUT2D eigenvalue weighted by molar-refractivity contribution is -0.179. The molecule has 0 aromatic rings. The third-order valence-electron chi connectivity index (χ3n) is 2.56. The van der Waals surface area contributed by atoms with Crippen LogP contribution in [0.5, 0.6) is 0 Å². The van der Waals surface area contributed by atoms with E-state index in [1.54, 1.807) is 7.11 Å². The van der Waals surface area contributed by atoms with Crippen LogP contribution in [0, 0.1) is 11.8 Å². The van der Waals surface area contributed by atoms with Crippen molar-refractivity contribution in [3.63, 3.8) is 0 Å². The van der Waals surface area contributed by atoms with Crippen molar-refractivity contribution in [3.8, 4) is 0 Å². The molecule has 0 aliphatic carbocycles. The normalized spacial score (nSPS) is 12.3. The largest absolute Gasteiger partial charge is 0.467 e. The Balaban J connectivity index is 4.98. The standard InChI is InChI=1S/C10H20O3/c1-7(2)10(13-6,8(3)4)9(11)12-5/h7-8H,1-6H3. The maximum atomic E-state index is 11.6. The highest BCUT2D eigenvalue weighted by Crippen LogP contribution is 2.31. The van der Waals surface area contributed by atoms with Crippen LogP contribution in [0.1, 0.15) is 27.7 Å². The zero-order chi connectivity index (χ0) is 10.6. The Morgan fingerprint density at radius 3 is 1.54 bits per heavy atom. The van der Waals surface area contributed by atoms with Crippen molar-refractivity contribution in [1.82, 2.24) is 0 Å². The summed E-state index contributed by atoms with van der Waals surface area (Å²) in [6.45, 7) is 7.84. The molecule has 3 heteroatoms. The smallest absolute Gasteiger partial charge is 0.338 e. The summed E-state index contributed by atoms with van der Waals surface area (Å²) >= 11 is 0. The first-order valence-corrected chi connectivity index (χ1v) is 4.57. The summed E-state index contributed by atoms with van der Waals surface area (Å²) in [6, 6.07) is 0. The second-order valence-corrected chi connectivity index (χ2v) is 3.80. The molecule has 3 nitrogen and oxygen atoms in total. The van der Waals surface area contributed by atoms with Crippen LogP contribution in [0.4, 0.5) is 0 Å². The molecule has 0 aromatic heterocycles. The van der Waals surface area contributed by atoms with Crippen LogP contribution in [-0.2, 0) is 14.3 Å². The van der Waals surface area contributed by atoms with Gasteiger partial charge in [0.05, 0.1) is 7.11 Å². The highest BCUT2D eigenvalue weighted by atomic mass is 16.6. The first kappa shape index (κ1) is 12.4. The molecule has 0 saturated heterocycles. The Kier molecular flexibility index (Phi) is 4.40. The van der Waals surface area contributed by atoms with E-state index in [1.165, 1.54) is 7.11 Å². The van der Waals surface area contributed by atoms with Gasteiger partial charge in [-0.25, -0.2) is 4.79 Å². The van der Waals surface area contributed by atoms with Crippen molar-refractivity contribution >= 4 is 5.97 Å². The van der Waals surface area contributed by atoms with Crippen molar-refractivity contribution in [3.05, 3.63) is 0 Å². The molecule has 0 bridgehead atoms. The van der Waals surface area contributed by atoms with Crippen LogP contribution in [0.2, 0.25) is 0 Å². The molecule has 0 rings (SSSR count). The summed E-state index contributed by atoms with van der Waals surface area (Å²) in [6.07, 6.45) is 0. The lowest BCUT2D eigenvalue weighted by atomic mass is 9.80. The third-order valence-corrected chi connectivity index (χ3v) is 2.56. The van der Waals surface area contributed by atoms with E-state index in [0.717, 1.165) is 0 Å². The van der Waals surface area contributed by atoms with Gasteiger partial charge in [-0.3, -0.25) is 0 Å². The van der Waals surface area contributed by atoms with Gasteiger partial charge in [0.25, 0.3) is 0 Å². The zero-order valence-corrected chi connectivity index (χ0v) is 9.38. The van der Waals surface area contributed by atoms with Crippen molar-refractivity contribution in [2.24, 2.45) is 11.8 Å². The molecule has 0 aromatic carbocycles. The van der Waals surface area contributed by atoms with E-state index in [-0.39, 0.29) is 17.8 Å². The maximum Gasteiger partial charge on any atom is 0.338 e. The first-order valence-electron chi connectivity index (χ1n) is 4.57. The molecule has 0 saturated carbocycles. The summed E-state index contributed by atoms with van der Waals surface area (Å²) in [7, 11) is 2.94. The Hall–Kier alpha value is -0.570. The summed E-state index contributed by atoms with van der Waals surface area (Å²) in [5, 5.41) is 0. The molecular formula is C10H20O3. The van der Waals surface area contributed by atoms with Gasteiger partial charge in [0.15, 0.2) is 5.60 Å². The fourth-order valence-electron chi connectivity index (χ4n) is 1.85. The Labute approximate surface area is 80.4 Å². The van der Waals surface area contributed by atoms with Gasteiger partial charge in [-0.1, -0.05) is 27.7 Å². The van der Waals surface area contributed by atoms with Gasteiger partial charge in [0, 0.05) is 7.11 Å². The highest BCUT2D eigenvalue weighted by Gasteiger charge is 2.45. The number of hydrogen-bond acceptors (Lipinski definition) is 3. The number of esters is 1. The van der Waals surface area contributed by atoms with Gasteiger partial charge in [-0.05, 0) is 11.8 Å². The van der Waals surface area contributed by atoms with E-state index in [1.807, 2.05) is 27.7 Å². The summed E-state index contributed by atoms with van der Waals surface area (Å²) < 4.78 is 10.1. The summed E-state index contributed by atoms with van der Waals surface area (Å²) in [5.74, 6) is -0.0881. The Morgan fingerprint density at radius 1 is 1.08 bits per heavy atom. The predicted octanol–water partition coefficient (Wildman–Crippen LogP) is 1.86. The van der Waals surface area contributed by atoms with Crippen LogP contribution in [-0.4, -0.2) is 25.8 Å². The number of carbonyl (C=O) groups excluding carboxylic acids is 1. The van der Waals surface area contributed by atoms with E-state index >= 15 is 0 Å². The molecule has 0 heterocycles. The van der Waals surface area contributed by atoms with Crippen molar-refractivity contribution in [2.45, 2.75) is 33.3 Å². The minimum absolute atomic E-state index is 0.102. The van der Waals surface area contributed by atoms with Gasteiger partial charge in [0.1, 0.15) is 0 Å². The molecule has 78 valence electrons. The number of rotatable bonds is 4. The molecule has 0 aliphatic rings. The van der Waals surface area contributed by atoms with E-state index < -0.39 is 5.60 Å². The number of carbonyl (C=O) groups is 1. The third kappa shape index (κ3) is 2.02. The summed E-state index contributed by atoms with van der Waals surface area (Å²) in [5.41, 5.74) is -0.811. The lowest BCUT2D eigenvalue weighted by Gasteiger charge is -2.36. The van der Waals surface area contributed by atoms with Crippen LogP contribution in [0.3, 0.4) is 0 Å². The molecule has 0 atom stereocenters. The Morgan fingerprint density at radius 2 is 1.46 bits per heavy atom. The van der Waals surface area contributed by atoms with E-state index in [9.17, 15) is 4.79 Å². The maximum absolute atomic E-state index is 11.6. The first-order chi connectivity index (χ1) is 5.93. The number of hydrogen-bond donors (Lipinski definition) is 0. The fraction of sp³-hybridized carbons (Fsp3) is 0.900. The van der Waals surface area contributed by atoms with Gasteiger partial charge >= 0.3 is 5.97 Å². The number of methoxy groups -OCH3 is 2. The SMILES string of the molecule is COC(=O)C(OC)(C(C)C)C(C)C. The number of ether oxygens (including phenoxy) is 2. The minimum Gasteiger partial charge on any atom is -0.467 e. The highest BCUT2D eigenvalue weighted by molar-refractivity contribution is 5.80.